The molecule has 0 aliphatic rings. The van der Waals surface area contributed by atoms with Crippen LogP contribution in [-0.2, 0) is 14.3 Å². The van der Waals surface area contributed by atoms with E-state index in [2.05, 4.69) is 16.6 Å². The Kier molecular flexibility index (Phi) is 5.60. The summed E-state index contributed by atoms with van der Waals surface area (Å²) in [5, 5.41) is 2.52. The molecular weight excluding hydrogens is 182 g/mol. The Hall–Kier alpha value is -1.32. The van der Waals surface area contributed by atoms with E-state index in [1.165, 1.54) is 7.11 Å². The van der Waals surface area contributed by atoms with Crippen molar-refractivity contribution in [1.82, 2.24) is 5.32 Å². The molecule has 1 unspecified atom stereocenters. The molecular formula is C10H17NO3. The minimum absolute atomic E-state index is 0.309. The first kappa shape index (κ1) is 12.7. The summed E-state index contributed by atoms with van der Waals surface area (Å²) in [5.74, 6) is -0.473. The van der Waals surface area contributed by atoms with E-state index in [4.69, 9.17) is 0 Å². The molecule has 0 saturated carbocycles. The van der Waals surface area contributed by atoms with Crippen molar-refractivity contribution in [3.8, 4) is 0 Å². The Morgan fingerprint density at radius 3 is 2.43 bits per heavy atom. The van der Waals surface area contributed by atoms with Gasteiger partial charge in [0.25, 0.3) is 0 Å². The minimum Gasteiger partial charge on any atom is -0.467 e. The Morgan fingerprint density at radius 1 is 1.50 bits per heavy atom. The van der Waals surface area contributed by atoms with Gasteiger partial charge in [0.2, 0.25) is 5.91 Å². The second-order valence-electron chi connectivity index (χ2n) is 3.42. The zero-order valence-corrected chi connectivity index (χ0v) is 8.87. The number of nitrogens with one attached hydrogen (secondary N) is 1. The second-order valence-corrected chi connectivity index (χ2v) is 3.42. The molecule has 0 aliphatic carbocycles. The number of amides is 1. The highest BCUT2D eigenvalue weighted by molar-refractivity contribution is 5.90. The normalized spacial score (nSPS) is 12.0. The van der Waals surface area contributed by atoms with Gasteiger partial charge in [-0.05, 0) is 18.4 Å². The molecule has 80 valence electrons. The summed E-state index contributed by atoms with van der Waals surface area (Å²) >= 11 is 0. The smallest absolute Gasteiger partial charge is 0.328 e. The van der Waals surface area contributed by atoms with Gasteiger partial charge in [-0.3, -0.25) is 4.79 Å². The zero-order chi connectivity index (χ0) is 11.1. The van der Waals surface area contributed by atoms with Gasteiger partial charge in [-0.1, -0.05) is 20.4 Å². The van der Waals surface area contributed by atoms with Crippen LogP contribution in [0.1, 0.15) is 20.3 Å². The molecule has 4 nitrogen and oxygen atoms in total. The van der Waals surface area contributed by atoms with E-state index in [0.717, 1.165) is 6.08 Å². The third-order valence-corrected chi connectivity index (χ3v) is 1.69. The molecule has 0 radical (unpaired) electrons. The van der Waals surface area contributed by atoms with Crippen LogP contribution >= 0.6 is 0 Å². The van der Waals surface area contributed by atoms with Gasteiger partial charge >= 0.3 is 5.97 Å². The summed E-state index contributed by atoms with van der Waals surface area (Å²) in [4.78, 5) is 22.2. The monoisotopic (exact) mass is 199 g/mol. The average molecular weight is 199 g/mol. The Labute approximate surface area is 84.3 Å². The van der Waals surface area contributed by atoms with Crippen LogP contribution in [0.4, 0.5) is 0 Å². The van der Waals surface area contributed by atoms with Crippen molar-refractivity contribution in [2.75, 3.05) is 7.11 Å². The summed E-state index contributed by atoms with van der Waals surface area (Å²) in [6.07, 6.45) is 1.70. The SMILES string of the molecule is C=CC(=O)NC(CC(C)C)C(=O)OC. The standard InChI is InChI=1S/C10H17NO3/c1-5-9(12)11-8(6-7(2)3)10(13)14-4/h5,7-8H,1,6H2,2-4H3,(H,11,12). The molecule has 14 heavy (non-hydrogen) atoms. The Morgan fingerprint density at radius 2 is 2.07 bits per heavy atom. The number of rotatable bonds is 5. The molecule has 1 N–H and O–H groups in total. The highest BCUT2D eigenvalue weighted by atomic mass is 16.5. The topological polar surface area (TPSA) is 55.4 Å². The first-order valence-electron chi connectivity index (χ1n) is 4.52. The fourth-order valence-corrected chi connectivity index (χ4v) is 1.06. The highest BCUT2D eigenvalue weighted by Gasteiger charge is 2.21. The van der Waals surface area contributed by atoms with Gasteiger partial charge in [-0.2, -0.15) is 0 Å². The summed E-state index contributed by atoms with van der Waals surface area (Å²) < 4.78 is 4.57. The van der Waals surface area contributed by atoms with Crippen LogP contribution in [-0.4, -0.2) is 25.0 Å². The molecule has 0 fully saturated rings. The van der Waals surface area contributed by atoms with Gasteiger partial charge < -0.3 is 10.1 Å². The van der Waals surface area contributed by atoms with Crippen molar-refractivity contribution in [2.45, 2.75) is 26.3 Å². The third kappa shape index (κ3) is 4.64. The fourth-order valence-electron chi connectivity index (χ4n) is 1.06. The number of methoxy groups -OCH3 is 1. The Bertz CT molecular complexity index is 223. The van der Waals surface area contributed by atoms with Crippen LogP contribution < -0.4 is 5.32 Å². The van der Waals surface area contributed by atoms with E-state index < -0.39 is 12.0 Å². The van der Waals surface area contributed by atoms with Crippen molar-refractivity contribution >= 4 is 11.9 Å². The van der Waals surface area contributed by atoms with Crippen molar-refractivity contribution in [3.05, 3.63) is 12.7 Å². The lowest BCUT2D eigenvalue weighted by atomic mass is 10.0. The number of hydrogen-bond donors (Lipinski definition) is 1. The van der Waals surface area contributed by atoms with Crippen LogP contribution in [0.5, 0.6) is 0 Å². The van der Waals surface area contributed by atoms with E-state index in [0.29, 0.717) is 12.3 Å². The van der Waals surface area contributed by atoms with Crippen molar-refractivity contribution in [3.63, 3.8) is 0 Å². The fraction of sp³-hybridized carbons (Fsp3) is 0.600. The molecule has 0 heterocycles. The number of hydrogen-bond acceptors (Lipinski definition) is 3. The molecule has 0 aliphatic heterocycles. The van der Waals surface area contributed by atoms with Crippen LogP contribution in [0, 0.1) is 5.92 Å². The molecule has 0 aromatic heterocycles. The predicted molar refractivity (Wildman–Crippen MR) is 53.6 cm³/mol. The van der Waals surface area contributed by atoms with Crippen LogP contribution in [0.15, 0.2) is 12.7 Å². The molecule has 0 spiro atoms. The summed E-state index contributed by atoms with van der Waals surface area (Å²) in [6, 6.07) is -0.578. The quantitative estimate of drug-likeness (QED) is 0.528. The van der Waals surface area contributed by atoms with E-state index in [9.17, 15) is 9.59 Å². The first-order chi connectivity index (χ1) is 6.51. The van der Waals surface area contributed by atoms with E-state index in [1.54, 1.807) is 0 Å². The van der Waals surface area contributed by atoms with Crippen LogP contribution in [0.25, 0.3) is 0 Å². The van der Waals surface area contributed by atoms with Crippen LogP contribution in [0.3, 0.4) is 0 Å². The van der Waals surface area contributed by atoms with Gasteiger partial charge in [0.1, 0.15) is 6.04 Å². The van der Waals surface area contributed by atoms with Crippen LogP contribution in [0.2, 0.25) is 0 Å². The lowest BCUT2D eigenvalue weighted by Gasteiger charge is -2.17. The van der Waals surface area contributed by atoms with Gasteiger partial charge in [0.05, 0.1) is 7.11 Å². The number of carbonyl (C=O) groups is 2. The Balaban J connectivity index is 4.31. The first-order valence-corrected chi connectivity index (χ1v) is 4.52. The molecule has 0 aromatic carbocycles. The molecule has 1 amide bonds. The molecule has 0 saturated heterocycles. The van der Waals surface area contributed by atoms with Crippen molar-refractivity contribution < 1.29 is 14.3 Å². The van der Waals surface area contributed by atoms with Gasteiger partial charge in [-0.15, -0.1) is 0 Å². The molecule has 4 heteroatoms. The van der Waals surface area contributed by atoms with Crippen molar-refractivity contribution in [1.29, 1.82) is 0 Å². The number of ether oxygens (including phenoxy) is 1. The maximum Gasteiger partial charge on any atom is 0.328 e. The van der Waals surface area contributed by atoms with Crippen molar-refractivity contribution in [2.24, 2.45) is 5.92 Å². The molecule has 0 bridgehead atoms. The van der Waals surface area contributed by atoms with Gasteiger partial charge in [-0.25, -0.2) is 4.79 Å². The predicted octanol–water partition coefficient (Wildman–Crippen LogP) is 0.876. The number of carbonyl (C=O) groups excluding carboxylic acids is 2. The largest absolute Gasteiger partial charge is 0.467 e. The minimum atomic E-state index is -0.578. The third-order valence-electron chi connectivity index (χ3n) is 1.69. The summed E-state index contributed by atoms with van der Waals surface area (Å²) in [6.45, 7) is 7.25. The van der Waals surface area contributed by atoms with Gasteiger partial charge in [0, 0.05) is 0 Å². The lowest BCUT2D eigenvalue weighted by Crippen LogP contribution is -2.41. The molecule has 0 rings (SSSR count). The number of esters is 1. The van der Waals surface area contributed by atoms with E-state index >= 15 is 0 Å². The highest BCUT2D eigenvalue weighted by Crippen LogP contribution is 2.05. The van der Waals surface area contributed by atoms with E-state index in [1.807, 2.05) is 13.8 Å². The summed E-state index contributed by atoms with van der Waals surface area (Å²) in [7, 11) is 1.30. The maximum absolute atomic E-state index is 11.2. The lowest BCUT2D eigenvalue weighted by molar-refractivity contribution is -0.145. The van der Waals surface area contributed by atoms with Gasteiger partial charge in [0.15, 0.2) is 0 Å². The second kappa shape index (κ2) is 6.18. The van der Waals surface area contributed by atoms with E-state index in [-0.39, 0.29) is 5.91 Å². The molecule has 0 aromatic rings. The summed E-state index contributed by atoms with van der Waals surface area (Å²) in [5.41, 5.74) is 0. The average Bonchev–Trinajstić information content (AvgIpc) is 2.14. The zero-order valence-electron chi connectivity index (χ0n) is 8.87. The maximum atomic E-state index is 11.2. The molecule has 1 atom stereocenters.